The number of hydrogen-bond donors (Lipinski definition) is 2. The first-order valence-corrected chi connectivity index (χ1v) is 6.77. The van der Waals surface area contributed by atoms with Crippen molar-refractivity contribution in [3.8, 4) is 0 Å². The van der Waals surface area contributed by atoms with Crippen LogP contribution in [-0.4, -0.2) is 23.7 Å². The zero-order valence-corrected chi connectivity index (χ0v) is 10.7. The van der Waals surface area contributed by atoms with E-state index in [1.54, 1.807) is 0 Å². The molecule has 0 aliphatic heterocycles. The molecule has 0 heterocycles. The van der Waals surface area contributed by atoms with Gasteiger partial charge < -0.3 is 10.4 Å². The molecular formula is C15H21NO2. The molecule has 3 heteroatoms. The molecule has 0 saturated carbocycles. The van der Waals surface area contributed by atoms with Gasteiger partial charge in [0.25, 0.3) is 0 Å². The van der Waals surface area contributed by atoms with Gasteiger partial charge in [-0.25, -0.2) is 0 Å². The molecule has 2 rings (SSSR count). The Labute approximate surface area is 108 Å². The molecule has 1 atom stereocenters. The van der Waals surface area contributed by atoms with Crippen molar-refractivity contribution in [2.24, 2.45) is 0 Å². The summed E-state index contributed by atoms with van der Waals surface area (Å²) in [5.41, 5.74) is 2.95. The lowest BCUT2D eigenvalue weighted by Crippen LogP contribution is -2.35. The van der Waals surface area contributed by atoms with Crippen LogP contribution in [0.4, 0.5) is 0 Å². The molecule has 18 heavy (non-hydrogen) atoms. The van der Waals surface area contributed by atoms with E-state index in [0.717, 1.165) is 32.2 Å². The van der Waals surface area contributed by atoms with E-state index < -0.39 is 5.97 Å². The molecule has 1 aliphatic rings. The number of carboxylic acids is 1. The molecular weight excluding hydrogens is 226 g/mol. The highest BCUT2D eigenvalue weighted by Crippen LogP contribution is 2.20. The Bertz CT molecular complexity index is 403. The fourth-order valence-electron chi connectivity index (χ4n) is 2.58. The second-order valence-electron chi connectivity index (χ2n) is 5.01. The number of carboxylic acid groups (broad SMARTS) is 1. The molecule has 0 spiro atoms. The second kappa shape index (κ2) is 6.55. The summed E-state index contributed by atoms with van der Waals surface area (Å²) in [6.07, 6.45) is 5.46. The number of aryl methyl sites for hydroxylation is 1. The fraction of sp³-hybridized carbons (Fsp3) is 0.533. The van der Waals surface area contributed by atoms with Crippen molar-refractivity contribution in [2.75, 3.05) is 6.54 Å². The Hall–Kier alpha value is -1.35. The lowest BCUT2D eigenvalue weighted by molar-refractivity contribution is -0.137. The van der Waals surface area contributed by atoms with Gasteiger partial charge in [-0.3, -0.25) is 4.79 Å². The van der Waals surface area contributed by atoms with Gasteiger partial charge in [-0.15, -0.1) is 0 Å². The third-order valence-electron chi connectivity index (χ3n) is 3.60. The second-order valence-corrected chi connectivity index (χ2v) is 5.01. The summed E-state index contributed by atoms with van der Waals surface area (Å²) in [6.45, 7) is 0.931. The van der Waals surface area contributed by atoms with Gasteiger partial charge in [0, 0.05) is 12.5 Å². The topological polar surface area (TPSA) is 49.3 Å². The van der Waals surface area contributed by atoms with Crippen LogP contribution in [0.25, 0.3) is 0 Å². The van der Waals surface area contributed by atoms with Crippen LogP contribution in [0.5, 0.6) is 0 Å². The van der Waals surface area contributed by atoms with Crippen molar-refractivity contribution in [2.45, 2.75) is 44.6 Å². The monoisotopic (exact) mass is 247 g/mol. The minimum absolute atomic E-state index is 0.287. The highest BCUT2D eigenvalue weighted by Gasteiger charge is 2.17. The molecule has 0 bridgehead atoms. The molecule has 0 radical (unpaired) electrons. The number of rotatable bonds is 6. The third kappa shape index (κ3) is 3.84. The normalized spacial score (nSPS) is 18.3. The third-order valence-corrected chi connectivity index (χ3v) is 3.60. The highest BCUT2D eigenvalue weighted by molar-refractivity contribution is 5.66. The van der Waals surface area contributed by atoms with Crippen molar-refractivity contribution in [3.63, 3.8) is 0 Å². The van der Waals surface area contributed by atoms with E-state index in [1.165, 1.54) is 17.5 Å². The molecule has 2 N–H and O–H groups in total. The summed E-state index contributed by atoms with van der Waals surface area (Å²) in [5, 5.41) is 12.1. The largest absolute Gasteiger partial charge is 0.481 e. The average Bonchev–Trinajstić information content (AvgIpc) is 2.38. The summed E-state index contributed by atoms with van der Waals surface area (Å²) >= 11 is 0. The van der Waals surface area contributed by atoms with Gasteiger partial charge in [-0.1, -0.05) is 24.3 Å². The maximum Gasteiger partial charge on any atom is 0.303 e. The highest BCUT2D eigenvalue weighted by atomic mass is 16.4. The van der Waals surface area contributed by atoms with E-state index in [-0.39, 0.29) is 6.42 Å². The minimum atomic E-state index is -0.693. The van der Waals surface area contributed by atoms with Crippen LogP contribution in [-0.2, 0) is 17.6 Å². The molecule has 3 nitrogen and oxygen atoms in total. The van der Waals surface area contributed by atoms with Gasteiger partial charge in [0.15, 0.2) is 0 Å². The number of hydrogen-bond acceptors (Lipinski definition) is 2. The van der Waals surface area contributed by atoms with Crippen LogP contribution in [0, 0.1) is 0 Å². The Morgan fingerprint density at radius 2 is 2.06 bits per heavy atom. The maximum absolute atomic E-state index is 10.4. The van der Waals surface area contributed by atoms with E-state index in [4.69, 9.17) is 5.11 Å². The summed E-state index contributed by atoms with van der Waals surface area (Å²) in [4.78, 5) is 10.4. The van der Waals surface area contributed by atoms with Gasteiger partial charge in [0.05, 0.1) is 0 Å². The lowest BCUT2D eigenvalue weighted by Gasteiger charge is -2.25. The zero-order valence-electron chi connectivity index (χ0n) is 10.7. The van der Waals surface area contributed by atoms with Crippen LogP contribution in [0.15, 0.2) is 24.3 Å². The Morgan fingerprint density at radius 3 is 2.83 bits per heavy atom. The van der Waals surface area contributed by atoms with Crippen molar-refractivity contribution >= 4 is 5.97 Å². The molecule has 1 unspecified atom stereocenters. The van der Waals surface area contributed by atoms with E-state index in [1.807, 2.05) is 0 Å². The Kier molecular flexibility index (Phi) is 4.76. The predicted octanol–water partition coefficient (Wildman–Crippen LogP) is 2.39. The molecule has 98 valence electrons. The molecule has 1 aromatic carbocycles. The standard InChI is InChI=1S/C15H21NO2/c17-15(18)7-3-4-10-16-14-9-8-12-5-1-2-6-13(12)11-14/h1-2,5-6,14,16H,3-4,7-11H2,(H,17,18). The van der Waals surface area contributed by atoms with E-state index in [2.05, 4.69) is 29.6 Å². The van der Waals surface area contributed by atoms with Crippen LogP contribution < -0.4 is 5.32 Å². The first-order chi connectivity index (χ1) is 8.75. The Balaban J connectivity index is 1.68. The number of benzene rings is 1. The molecule has 0 aromatic heterocycles. The number of carbonyl (C=O) groups is 1. The zero-order chi connectivity index (χ0) is 12.8. The summed E-state index contributed by atoms with van der Waals surface area (Å²) in [7, 11) is 0. The predicted molar refractivity (Wildman–Crippen MR) is 71.7 cm³/mol. The number of aliphatic carboxylic acids is 1. The van der Waals surface area contributed by atoms with Gasteiger partial charge in [-0.2, -0.15) is 0 Å². The number of fused-ring (bicyclic) bond motifs is 1. The van der Waals surface area contributed by atoms with E-state index in [0.29, 0.717) is 6.04 Å². The minimum Gasteiger partial charge on any atom is -0.481 e. The summed E-state index contributed by atoms with van der Waals surface area (Å²) < 4.78 is 0. The Morgan fingerprint density at radius 1 is 1.28 bits per heavy atom. The maximum atomic E-state index is 10.4. The summed E-state index contributed by atoms with van der Waals surface area (Å²) in [6, 6.07) is 9.21. The lowest BCUT2D eigenvalue weighted by atomic mass is 9.88. The molecule has 1 aliphatic carbocycles. The number of unbranched alkanes of at least 4 members (excludes halogenated alkanes) is 1. The van der Waals surface area contributed by atoms with Gasteiger partial charge in [0.2, 0.25) is 0 Å². The van der Waals surface area contributed by atoms with Crippen LogP contribution >= 0.6 is 0 Å². The molecule has 1 aromatic rings. The smallest absolute Gasteiger partial charge is 0.303 e. The van der Waals surface area contributed by atoms with Crippen molar-refractivity contribution in [3.05, 3.63) is 35.4 Å². The van der Waals surface area contributed by atoms with Crippen LogP contribution in [0.3, 0.4) is 0 Å². The van der Waals surface area contributed by atoms with Crippen LogP contribution in [0.1, 0.15) is 36.8 Å². The van der Waals surface area contributed by atoms with Gasteiger partial charge in [0.1, 0.15) is 0 Å². The van der Waals surface area contributed by atoms with Gasteiger partial charge in [-0.05, 0) is 49.8 Å². The van der Waals surface area contributed by atoms with Crippen molar-refractivity contribution in [1.82, 2.24) is 5.32 Å². The fourth-order valence-corrected chi connectivity index (χ4v) is 2.58. The van der Waals surface area contributed by atoms with E-state index >= 15 is 0 Å². The molecule has 0 amide bonds. The molecule has 0 fully saturated rings. The first kappa shape index (κ1) is 13.1. The van der Waals surface area contributed by atoms with Gasteiger partial charge >= 0.3 is 5.97 Å². The number of nitrogens with one attached hydrogen (secondary N) is 1. The average molecular weight is 247 g/mol. The van der Waals surface area contributed by atoms with Crippen LogP contribution in [0.2, 0.25) is 0 Å². The quantitative estimate of drug-likeness (QED) is 0.759. The SMILES string of the molecule is O=C(O)CCCCNC1CCc2ccccc2C1. The summed E-state index contributed by atoms with van der Waals surface area (Å²) in [5.74, 6) is -0.693. The van der Waals surface area contributed by atoms with Crippen molar-refractivity contribution in [1.29, 1.82) is 0 Å². The first-order valence-electron chi connectivity index (χ1n) is 6.77. The van der Waals surface area contributed by atoms with E-state index in [9.17, 15) is 4.79 Å². The molecule has 0 saturated heterocycles. The van der Waals surface area contributed by atoms with Crippen molar-refractivity contribution < 1.29 is 9.90 Å².